The van der Waals surface area contributed by atoms with E-state index in [9.17, 15) is 0 Å². The Morgan fingerprint density at radius 1 is 1.26 bits per heavy atom. The van der Waals surface area contributed by atoms with Crippen molar-refractivity contribution >= 4 is 16.5 Å². The summed E-state index contributed by atoms with van der Waals surface area (Å²) < 4.78 is 6.09. The Balaban J connectivity index is 1.92. The topological polar surface area (TPSA) is 46.2 Å². The number of hydrogen-bond donors (Lipinski definition) is 2. The van der Waals surface area contributed by atoms with Gasteiger partial charge in [0.15, 0.2) is 0 Å². The van der Waals surface area contributed by atoms with E-state index in [1.54, 1.807) is 0 Å². The van der Waals surface area contributed by atoms with Crippen molar-refractivity contribution in [1.29, 1.82) is 0 Å². The molecule has 4 heteroatoms. The maximum atomic E-state index is 6.09. The third-order valence-electron chi connectivity index (χ3n) is 3.58. The van der Waals surface area contributed by atoms with E-state index in [-0.39, 0.29) is 6.10 Å². The highest BCUT2D eigenvalue weighted by Crippen LogP contribution is 2.27. The molecule has 1 saturated heterocycles. The highest BCUT2D eigenvalue weighted by atomic mass is 16.5. The Hall–Kier alpha value is -1.81. The largest absolute Gasteiger partial charge is 0.474 e. The van der Waals surface area contributed by atoms with Crippen LogP contribution in [0.2, 0.25) is 0 Å². The summed E-state index contributed by atoms with van der Waals surface area (Å²) in [5.74, 6) is 0.751. The van der Waals surface area contributed by atoms with Gasteiger partial charge < -0.3 is 15.4 Å². The Morgan fingerprint density at radius 2 is 2.11 bits per heavy atom. The molecule has 1 aliphatic heterocycles. The number of hydrogen-bond acceptors (Lipinski definition) is 4. The van der Waals surface area contributed by atoms with Gasteiger partial charge in [-0.3, -0.25) is 0 Å². The molecule has 2 aromatic rings. The van der Waals surface area contributed by atoms with Gasteiger partial charge in [-0.1, -0.05) is 6.07 Å². The van der Waals surface area contributed by atoms with Crippen LogP contribution in [0.1, 0.15) is 12.8 Å². The fraction of sp³-hybridized carbons (Fsp3) is 0.400. The predicted octanol–water partition coefficient (Wildman–Crippen LogP) is 2.41. The average molecular weight is 257 g/mol. The molecule has 1 aliphatic rings. The fourth-order valence-corrected chi connectivity index (χ4v) is 2.46. The van der Waals surface area contributed by atoms with E-state index in [0.29, 0.717) is 0 Å². The summed E-state index contributed by atoms with van der Waals surface area (Å²) >= 11 is 0. The lowest BCUT2D eigenvalue weighted by atomic mass is 10.1. The van der Waals surface area contributed by atoms with E-state index in [0.717, 1.165) is 48.3 Å². The van der Waals surface area contributed by atoms with Crippen molar-refractivity contribution in [3.8, 4) is 5.88 Å². The Morgan fingerprint density at radius 3 is 2.89 bits per heavy atom. The lowest BCUT2D eigenvalue weighted by Gasteiger charge is -2.23. The van der Waals surface area contributed by atoms with Crippen LogP contribution in [0.5, 0.6) is 5.88 Å². The third-order valence-corrected chi connectivity index (χ3v) is 3.58. The summed E-state index contributed by atoms with van der Waals surface area (Å²) in [5, 5.41) is 8.74. The van der Waals surface area contributed by atoms with E-state index >= 15 is 0 Å². The van der Waals surface area contributed by atoms with Crippen molar-refractivity contribution in [2.24, 2.45) is 0 Å². The minimum Gasteiger partial charge on any atom is -0.474 e. The second kappa shape index (κ2) is 5.45. The lowest BCUT2D eigenvalue weighted by Crippen LogP contribution is -2.34. The van der Waals surface area contributed by atoms with Crippen LogP contribution in [0, 0.1) is 0 Å². The van der Waals surface area contributed by atoms with Crippen molar-refractivity contribution in [1.82, 2.24) is 10.3 Å². The van der Waals surface area contributed by atoms with E-state index in [4.69, 9.17) is 4.74 Å². The molecule has 0 bridgehead atoms. The van der Waals surface area contributed by atoms with Gasteiger partial charge in [-0.05, 0) is 49.5 Å². The minimum absolute atomic E-state index is 0.276. The van der Waals surface area contributed by atoms with Gasteiger partial charge >= 0.3 is 0 Å². The quantitative estimate of drug-likeness (QED) is 0.886. The number of piperidine rings is 1. The second-order valence-corrected chi connectivity index (χ2v) is 4.87. The first-order chi connectivity index (χ1) is 9.36. The van der Waals surface area contributed by atoms with Crippen LogP contribution in [-0.4, -0.2) is 31.2 Å². The molecule has 4 nitrogen and oxygen atoms in total. The molecule has 0 atom stereocenters. The second-order valence-electron chi connectivity index (χ2n) is 4.87. The molecule has 1 aromatic heterocycles. The summed E-state index contributed by atoms with van der Waals surface area (Å²) in [6, 6.07) is 8.28. The SMILES string of the molecule is CNc1ccc2ccnc(OC3CCNCC3)c2c1. The molecule has 0 amide bonds. The van der Waals surface area contributed by atoms with Crippen LogP contribution in [0.15, 0.2) is 30.5 Å². The highest BCUT2D eigenvalue weighted by molar-refractivity contribution is 5.89. The summed E-state index contributed by atoms with van der Waals surface area (Å²) in [6.07, 6.45) is 4.18. The van der Waals surface area contributed by atoms with Gasteiger partial charge in [0.1, 0.15) is 6.10 Å². The van der Waals surface area contributed by atoms with Gasteiger partial charge in [-0.25, -0.2) is 4.98 Å². The zero-order valence-electron chi connectivity index (χ0n) is 11.1. The van der Waals surface area contributed by atoms with Crippen molar-refractivity contribution in [3.63, 3.8) is 0 Å². The van der Waals surface area contributed by atoms with Crippen molar-refractivity contribution < 1.29 is 4.74 Å². The summed E-state index contributed by atoms with van der Waals surface area (Å²) in [5.41, 5.74) is 1.08. The number of fused-ring (bicyclic) bond motifs is 1. The average Bonchev–Trinajstić information content (AvgIpc) is 2.48. The third kappa shape index (κ3) is 2.63. The fourth-order valence-electron chi connectivity index (χ4n) is 2.46. The number of pyridine rings is 1. The molecule has 2 heterocycles. The Labute approximate surface area is 113 Å². The Kier molecular flexibility index (Phi) is 3.51. The standard InChI is InChI=1S/C15H19N3O/c1-16-12-3-2-11-4-9-18-15(14(11)10-12)19-13-5-7-17-8-6-13/h2-4,9-10,13,16-17H,5-8H2,1H3. The zero-order valence-corrected chi connectivity index (χ0v) is 11.1. The number of aromatic nitrogens is 1. The lowest BCUT2D eigenvalue weighted by molar-refractivity contribution is 0.158. The van der Waals surface area contributed by atoms with Crippen LogP contribution in [0.25, 0.3) is 10.8 Å². The van der Waals surface area contributed by atoms with E-state index in [1.807, 2.05) is 19.3 Å². The molecule has 3 rings (SSSR count). The smallest absolute Gasteiger partial charge is 0.221 e. The van der Waals surface area contributed by atoms with Crippen LogP contribution >= 0.6 is 0 Å². The van der Waals surface area contributed by atoms with Crippen LogP contribution in [0.3, 0.4) is 0 Å². The first-order valence-corrected chi connectivity index (χ1v) is 6.81. The van der Waals surface area contributed by atoms with Gasteiger partial charge in [0, 0.05) is 24.3 Å². The van der Waals surface area contributed by atoms with E-state index < -0.39 is 0 Å². The van der Waals surface area contributed by atoms with Crippen LogP contribution < -0.4 is 15.4 Å². The first kappa shape index (κ1) is 12.2. The van der Waals surface area contributed by atoms with Gasteiger partial charge in [-0.15, -0.1) is 0 Å². The number of nitrogens with zero attached hydrogens (tertiary/aromatic N) is 1. The van der Waals surface area contributed by atoms with Crippen molar-refractivity contribution in [2.75, 3.05) is 25.5 Å². The van der Waals surface area contributed by atoms with Crippen molar-refractivity contribution in [3.05, 3.63) is 30.5 Å². The number of nitrogens with one attached hydrogen (secondary N) is 2. The monoisotopic (exact) mass is 257 g/mol. The van der Waals surface area contributed by atoms with Crippen LogP contribution in [-0.2, 0) is 0 Å². The molecule has 2 N–H and O–H groups in total. The highest BCUT2D eigenvalue weighted by Gasteiger charge is 2.16. The molecule has 1 aromatic carbocycles. The number of rotatable bonds is 3. The molecule has 19 heavy (non-hydrogen) atoms. The van der Waals surface area contributed by atoms with Gasteiger partial charge in [-0.2, -0.15) is 0 Å². The number of ether oxygens (including phenoxy) is 1. The number of anilines is 1. The summed E-state index contributed by atoms with van der Waals surface area (Å²) in [4.78, 5) is 4.41. The molecule has 100 valence electrons. The Bertz CT molecular complexity index is 564. The normalized spacial score (nSPS) is 16.5. The maximum Gasteiger partial charge on any atom is 0.221 e. The number of benzene rings is 1. The van der Waals surface area contributed by atoms with Gasteiger partial charge in [0.2, 0.25) is 5.88 Å². The molecule has 0 aliphatic carbocycles. The van der Waals surface area contributed by atoms with Crippen LogP contribution in [0.4, 0.5) is 5.69 Å². The molecule has 0 radical (unpaired) electrons. The van der Waals surface area contributed by atoms with Crippen molar-refractivity contribution in [2.45, 2.75) is 18.9 Å². The van der Waals surface area contributed by atoms with E-state index in [2.05, 4.69) is 33.8 Å². The first-order valence-electron chi connectivity index (χ1n) is 6.81. The molecule has 0 spiro atoms. The molecule has 0 saturated carbocycles. The summed E-state index contributed by atoms with van der Waals surface area (Å²) in [6.45, 7) is 2.05. The summed E-state index contributed by atoms with van der Waals surface area (Å²) in [7, 11) is 1.92. The van der Waals surface area contributed by atoms with Gasteiger partial charge in [0.05, 0.1) is 0 Å². The van der Waals surface area contributed by atoms with E-state index in [1.165, 1.54) is 0 Å². The molecular weight excluding hydrogens is 238 g/mol. The maximum absolute atomic E-state index is 6.09. The zero-order chi connectivity index (χ0) is 13.1. The molecular formula is C15H19N3O. The van der Waals surface area contributed by atoms with Gasteiger partial charge in [0.25, 0.3) is 0 Å². The minimum atomic E-state index is 0.276. The predicted molar refractivity (Wildman–Crippen MR) is 77.8 cm³/mol. The molecule has 0 unspecified atom stereocenters. The molecule has 1 fully saturated rings.